The second kappa shape index (κ2) is 7.69. The highest BCUT2D eigenvalue weighted by Gasteiger charge is 2.45. The molecule has 2 aliphatic rings. The molecule has 3 aromatic rings. The van der Waals surface area contributed by atoms with Gasteiger partial charge in [-0.25, -0.2) is 15.0 Å². The van der Waals surface area contributed by atoms with Crippen molar-refractivity contribution in [3.05, 3.63) is 42.4 Å². The summed E-state index contributed by atoms with van der Waals surface area (Å²) in [4.78, 5) is 27.9. The van der Waals surface area contributed by atoms with Gasteiger partial charge in [-0.05, 0) is 37.5 Å². The fraction of sp³-hybridized carbons (Fsp3) is 0.364. The quantitative estimate of drug-likeness (QED) is 0.697. The van der Waals surface area contributed by atoms with E-state index in [4.69, 9.17) is 5.26 Å². The average Bonchev–Trinajstić information content (AvgIpc) is 3.48. The van der Waals surface area contributed by atoms with Gasteiger partial charge < -0.3 is 10.2 Å². The van der Waals surface area contributed by atoms with Crippen LogP contribution in [0, 0.1) is 34.5 Å². The Morgan fingerprint density at radius 3 is 2.94 bits per heavy atom. The first-order valence-electron chi connectivity index (χ1n) is 10.3. The van der Waals surface area contributed by atoms with E-state index >= 15 is 0 Å². The standard InChI is InChI=1S/C22H20N8O/c23-9-14-3-4-20-26-11-18(30(20)12-14)21-25-6-5-19(28-21)27-16-2-1-7-29(13-16)22(31)17-8-15(17)10-24/h3-6,11-12,15-17H,1-2,7-8,13H2,(H,25,27,28). The molecule has 0 radical (unpaired) electrons. The summed E-state index contributed by atoms with van der Waals surface area (Å²) in [5.41, 5.74) is 1.95. The highest BCUT2D eigenvalue weighted by atomic mass is 16.2. The van der Waals surface area contributed by atoms with Crippen molar-refractivity contribution in [2.75, 3.05) is 18.4 Å². The number of likely N-dealkylation sites (tertiary alicyclic amines) is 1. The van der Waals surface area contributed by atoms with Gasteiger partial charge in [0.1, 0.15) is 23.2 Å². The molecule has 31 heavy (non-hydrogen) atoms. The molecule has 9 nitrogen and oxygen atoms in total. The molecule has 3 aromatic heterocycles. The van der Waals surface area contributed by atoms with Gasteiger partial charge in [-0.3, -0.25) is 9.20 Å². The molecule has 3 atom stereocenters. The molecule has 1 aliphatic carbocycles. The number of nitriles is 2. The van der Waals surface area contributed by atoms with Gasteiger partial charge in [0, 0.05) is 31.5 Å². The van der Waals surface area contributed by atoms with Gasteiger partial charge in [0.15, 0.2) is 5.82 Å². The topological polar surface area (TPSA) is 123 Å². The Morgan fingerprint density at radius 1 is 1.23 bits per heavy atom. The maximum Gasteiger partial charge on any atom is 0.227 e. The van der Waals surface area contributed by atoms with Crippen molar-refractivity contribution in [3.8, 4) is 23.7 Å². The summed E-state index contributed by atoms with van der Waals surface area (Å²) in [5.74, 6) is 1.05. The third kappa shape index (κ3) is 3.66. The minimum atomic E-state index is -0.122. The summed E-state index contributed by atoms with van der Waals surface area (Å²) in [7, 11) is 0. The van der Waals surface area contributed by atoms with Crippen molar-refractivity contribution in [3.63, 3.8) is 0 Å². The van der Waals surface area contributed by atoms with E-state index in [1.807, 2.05) is 4.90 Å². The number of rotatable bonds is 4. The van der Waals surface area contributed by atoms with Crippen LogP contribution < -0.4 is 5.32 Å². The summed E-state index contributed by atoms with van der Waals surface area (Å²) in [6.07, 6.45) is 7.64. The SMILES string of the molecule is N#Cc1ccc2ncc(-c3nccc(NC4CCCN(C(=O)C5CC5C#N)C4)n3)n2c1. The van der Waals surface area contributed by atoms with Gasteiger partial charge in [0.05, 0.1) is 29.7 Å². The van der Waals surface area contributed by atoms with E-state index in [9.17, 15) is 10.1 Å². The number of piperidine rings is 1. The molecule has 1 N–H and O–H groups in total. The number of hydrogen-bond acceptors (Lipinski definition) is 7. The van der Waals surface area contributed by atoms with Crippen LogP contribution >= 0.6 is 0 Å². The summed E-state index contributed by atoms with van der Waals surface area (Å²) < 4.78 is 1.81. The Hall–Kier alpha value is -3.98. The number of carbonyl (C=O) groups excluding carboxylic acids is 1. The highest BCUT2D eigenvalue weighted by molar-refractivity contribution is 5.82. The Bertz CT molecular complexity index is 1240. The minimum Gasteiger partial charge on any atom is -0.365 e. The molecular formula is C22H20N8O. The fourth-order valence-electron chi connectivity index (χ4n) is 4.12. The molecule has 4 heterocycles. The van der Waals surface area contributed by atoms with Gasteiger partial charge in [0.25, 0.3) is 0 Å². The third-order valence-corrected chi connectivity index (χ3v) is 5.88. The van der Waals surface area contributed by atoms with Gasteiger partial charge in [-0.2, -0.15) is 10.5 Å². The number of imidazole rings is 1. The number of nitrogens with zero attached hydrogens (tertiary/aromatic N) is 7. The second-order valence-corrected chi connectivity index (χ2v) is 8.01. The lowest BCUT2D eigenvalue weighted by Crippen LogP contribution is -2.46. The highest BCUT2D eigenvalue weighted by Crippen LogP contribution is 2.39. The number of carbonyl (C=O) groups is 1. The van der Waals surface area contributed by atoms with Crippen LogP contribution in [0.25, 0.3) is 17.2 Å². The van der Waals surface area contributed by atoms with E-state index < -0.39 is 0 Å². The number of aromatic nitrogens is 4. The molecule has 0 aromatic carbocycles. The number of amides is 1. The molecule has 154 valence electrons. The smallest absolute Gasteiger partial charge is 0.227 e. The predicted octanol–water partition coefficient (Wildman–Crippen LogP) is 2.23. The van der Waals surface area contributed by atoms with E-state index in [-0.39, 0.29) is 23.8 Å². The molecule has 2 fully saturated rings. The molecule has 3 unspecified atom stereocenters. The zero-order chi connectivity index (χ0) is 21.4. The largest absolute Gasteiger partial charge is 0.365 e. The Balaban J connectivity index is 1.33. The zero-order valence-electron chi connectivity index (χ0n) is 16.8. The van der Waals surface area contributed by atoms with Crippen LogP contribution in [0.2, 0.25) is 0 Å². The molecule has 1 saturated heterocycles. The predicted molar refractivity (Wildman–Crippen MR) is 111 cm³/mol. The van der Waals surface area contributed by atoms with E-state index in [1.165, 1.54) is 0 Å². The fourth-order valence-corrected chi connectivity index (χ4v) is 4.12. The molecule has 9 heteroatoms. The molecule has 0 spiro atoms. The van der Waals surface area contributed by atoms with Crippen molar-refractivity contribution in [1.29, 1.82) is 10.5 Å². The maximum absolute atomic E-state index is 12.6. The summed E-state index contributed by atoms with van der Waals surface area (Å²) in [6.45, 7) is 1.34. The number of anilines is 1. The molecule has 1 aliphatic heterocycles. The normalized spacial score (nSPS) is 22.5. The van der Waals surface area contributed by atoms with Crippen LogP contribution in [0.1, 0.15) is 24.8 Å². The zero-order valence-corrected chi connectivity index (χ0v) is 16.8. The van der Waals surface area contributed by atoms with Gasteiger partial charge >= 0.3 is 0 Å². The monoisotopic (exact) mass is 412 g/mol. The molecule has 5 rings (SSSR count). The summed E-state index contributed by atoms with van der Waals surface area (Å²) in [5, 5.41) is 21.6. The van der Waals surface area contributed by atoms with Crippen LogP contribution in [0.3, 0.4) is 0 Å². The number of hydrogen-bond donors (Lipinski definition) is 1. The third-order valence-electron chi connectivity index (χ3n) is 5.88. The number of pyridine rings is 1. The molecular weight excluding hydrogens is 392 g/mol. The number of nitrogens with one attached hydrogen (secondary N) is 1. The second-order valence-electron chi connectivity index (χ2n) is 8.01. The lowest BCUT2D eigenvalue weighted by atomic mass is 10.0. The Morgan fingerprint density at radius 2 is 2.13 bits per heavy atom. The van der Waals surface area contributed by atoms with Gasteiger partial charge in [0.2, 0.25) is 5.91 Å². The van der Waals surface area contributed by atoms with Crippen LogP contribution in [0.15, 0.2) is 36.8 Å². The lowest BCUT2D eigenvalue weighted by molar-refractivity contribution is -0.133. The van der Waals surface area contributed by atoms with Gasteiger partial charge in [-0.1, -0.05) is 0 Å². The van der Waals surface area contributed by atoms with Gasteiger partial charge in [-0.15, -0.1) is 0 Å². The minimum absolute atomic E-state index is 0.0899. The first kappa shape index (κ1) is 19.0. The van der Waals surface area contributed by atoms with Crippen molar-refractivity contribution in [2.45, 2.75) is 25.3 Å². The molecule has 0 bridgehead atoms. The summed E-state index contributed by atoms with van der Waals surface area (Å²) in [6, 6.07) is 9.73. The lowest BCUT2D eigenvalue weighted by Gasteiger charge is -2.33. The van der Waals surface area contributed by atoms with Crippen molar-refractivity contribution in [1.82, 2.24) is 24.3 Å². The summed E-state index contributed by atoms with van der Waals surface area (Å²) >= 11 is 0. The molecule has 1 amide bonds. The van der Waals surface area contributed by atoms with Crippen LogP contribution in [0.5, 0.6) is 0 Å². The Kier molecular flexibility index (Phi) is 4.72. The average molecular weight is 412 g/mol. The maximum atomic E-state index is 12.6. The van der Waals surface area contributed by atoms with E-state index in [0.29, 0.717) is 41.5 Å². The first-order valence-corrected chi connectivity index (χ1v) is 10.3. The van der Waals surface area contributed by atoms with E-state index in [0.717, 1.165) is 19.4 Å². The Labute approximate surface area is 179 Å². The van der Waals surface area contributed by atoms with Crippen molar-refractivity contribution < 1.29 is 4.79 Å². The van der Waals surface area contributed by atoms with Crippen LogP contribution in [-0.4, -0.2) is 49.3 Å². The van der Waals surface area contributed by atoms with Crippen LogP contribution in [0.4, 0.5) is 5.82 Å². The number of fused-ring (bicyclic) bond motifs is 1. The first-order chi connectivity index (χ1) is 15.2. The molecule has 1 saturated carbocycles. The van der Waals surface area contributed by atoms with Crippen LogP contribution in [-0.2, 0) is 4.79 Å². The van der Waals surface area contributed by atoms with Crippen molar-refractivity contribution >= 4 is 17.4 Å². The van der Waals surface area contributed by atoms with E-state index in [1.54, 1.807) is 41.2 Å². The van der Waals surface area contributed by atoms with Crippen molar-refractivity contribution in [2.24, 2.45) is 11.8 Å². The van der Waals surface area contributed by atoms with E-state index in [2.05, 4.69) is 32.4 Å².